The number of hydrogen-bond acceptors (Lipinski definition) is 5. The molecule has 0 unspecified atom stereocenters. The second-order valence-corrected chi connectivity index (χ2v) is 5.66. The zero-order valence-electron chi connectivity index (χ0n) is 10.3. The molecule has 2 aromatic heterocycles. The Kier molecular flexibility index (Phi) is 4.11. The van der Waals surface area contributed by atoms with Crippen LogP contribution in [0.25, 0.3) is 0 Å². The van der Waals surface area contributed by atoms with Gasteiger partial charge in [-0.3, -0.25) is 4.98 Å². The molecule has 0 amide bonds. The number of carboxylic acid groups (broad SMARTS) is 1. The van der Waals surface area contributed by atoms with Crippen molar-refractivity contribution in [3.8, 4) is 0 Å². The topological polar surface area (TPSA) is 114 Å². The molecule has 106 valence electrons. The summed E-state index contributed by atoms with van der Waals surface area (Å²) < 4.78 is 27.6. The van der Waals surface area contributed by atoms with Crippen LogP contribution >= 0.6 is 0 Å². The molecule has 0 aliphatic rings. The Morgan fingerprint density at radius 1 is 1.45 bits per heavy atom. The highest BCUT2D eigenvalue weighted by atomic mass is 32.2. The quantitative estimate of drug-likeness (QED) is 0.772. The molecule has 0 fully saturated rings. The Hall–Kier alpha value is -2.26. The maximum Gasteiger partial charge on any atom is 0.356 e. The van der Waals surface area contributed by atoms with Gasteiger partial charge in [-0.05, 0) is 12.1 Å². The molecule has 20 heavy (non-hydrogen) atoms. The van der Waals surface area contributed by atoms with E-state index in [4.69, 9.17) is 5.11 Å². The molecule has 2 N–H and O–H groups in total. The van der Waals surface area contributed by atoms with Gasteiger partial charge in [0.2, 0.25) is 10.0 Å². The molecule has 2 heterocycles. The molecule has 0 aromatic carbocycles. The Morgan fingerprint density at radius 2 is 2.25 bits per heavy atom. The Balaban J connectivity index is 1.94. The largest absolute Gasteiger partial charge is 0.476 e. The standard InChI is InChI=1S/C11H12N4O4S/c16-11(17)10-7-15(8-13-10)5-4-14-20(18,19)9-2-1-3-12-6-9/h1-3,6-8,14H,4-5H2,(H,16,17). The monoisotopic (exact) mass is 296 g/mol. The van der Waals surface area contributed by atoms with Crippen molar-refractivity contribution in [2.24, 2.45) is 0 Å². The number of sulfonamides is 1. The van der Waals surface area contributed by atoms with E-state index in [-0.39, 0.29) is 23.7 Å². The van der Waals surface area contributed by atoms with Gasteiger partial charge in [-0.1, -0.05) is 0 Å². The number of nitrogens with one attached hydrogen (secondary N) is 1. The van der Waals surface area contributed by atoms with Crippen LogP contribution in [0.1, 0.15) is 10.5 Å². The third-order valence-corrected chi connectivity index (χ3v) is 3.91. The number of rotatable bonds is 6. The van der Waals surface area contributed by atoms with Crippen LogP contribution in [0.3, 0.4) is 0 Å². The van der Waals surface area contributed by atoms with Crippen molar-refractivity contribution in [1.82, 2.24) is 19.3 Å². The lowest BCUT2D eigenvalue weighted by Crippen LogP contribution is -2.27. The van der Waals surface area contributed by atoms with Gasteiger partial charge in [0.25, 0.3) is 0 Å². The van der Waals surface area contributed by atoms with E-state index in [2.05, 4.69) is 14.7 Å². The predicted octanol–water partition coefficient (Wildman–Crippen LogP) is -0.0452. The minimum Gasteiger partial charge on any atom is -0.476 e. The molecule has 0 saturated heterocycles. The van der Waals surface area contributed by atoms with Crippen LogP contribution in [0.4, 0.5) is 0 Å². The number of pyridine rings is 1. The third kappa shape index (κ3) is 3.39. The van der Waals surface area contributed by atoms with Gasteiger partial charge in [0, 0.05) is 31.7 Å². The highest BCUT2D eigenvalue weighted by Crippen LogP contribution is 2.04. The summed E-state index contributed by atoms with van der Waals surface area (Å²) in [5.41, 5.74) is -0.0832. The third-order valence-electron chi connectivity index (χ3n) is 2.46. The van der Waals surface area contributed by atoms with Crippen molar-refractivity contribution in [3.05, 3.63) is 42.7 Å². The Morgan fingerprint density at radius 3 is 2.85 bits per heavy atom. The Bertz CT molecular complexity index is 696. The van der Waals surface area contributed by atoms with Crippen molar-refractivity contribution in [3.63, 3.8) is 0 Å². The van der Waals surface area contributed by atoms with Gasteiger partial charge in [0.1, 0.15) is 4.90 Å². The molecule has 0 saturated carbocycles. The summed E-state index contributed by atoms with van der Waals surface area (Å²) in [7, 11) is -3.60. The van der Waals surface area contributed by atoms with Gasteiger partial charge in [0.15, 0.2) is 5.69 Å². The van der Waals surface area contributed by atoms with Gasteiger partial charge in [0.05, 0.1) is 6.33 Å². The first-order valence-electron chi connectivity index (χ1n) is 5.64. The van der Waals surface area contributed by atoms with E-state index >= 15 is 0 Å². The molecule has 0 aliphatic carbocycles. The molecule has 0 bridgehead atoms. The minimum atomic E-state index is -3.60. The molecule has 2 aromatic rings. The van der Waals surface area contributed by atoms with Crippen molar-refractivity contribution in [1.29, 1.82) is 0 Å². The fourth-order valence-corrected chi connectivity index (χ4v) is 2.48. The molecule has 9 heteroatoms. The summed E-state index contributed by atoms with van der Waals surface area (Å²) in [4.78, 5) is 18.1. The first-order valence-corrected chi connectivity index (χ1v) is 7.12. The van der Waals surface area contributed by atoms with Gasteiger partial charge in [-0.15, -0.1) is 0 Å². The molecule has 2 rings (SSSR count). The summed E-state index contributed by atoms with van der Waals surface area (Å²) in [5.74, 6) is -1.13. The van der Waals surface area contributed by atoms with Crippen LogP contribution in [0.5, 0.6) is 0 Å². The van der Waals surface area contributed by atoms with Crippen LogP contribution in [0.2, 0.25) is 0 Å². The molecule has 0 radical (unpaired) electrons. The second kappa shape index (κ2) is 5.80. The van der Waals surface area contributed by atoms with Crippen LogP contribution in [0.15, 0.2) is 41.9 Å². The van der Waals surface area contributed by atoms with E-state index in [9.17, 15) is 13.2 Å². The van der Waals surface area contributed by atoms with Crippen molar-refractivity contribution in [2.45, 2.75) is 11.4 Å². The maximum absolute atomic E-state index is 11.9. The van der Waals surface area contributed by atoms with E-state index in [1.165, 1.54) is 41.6 Å². The number of hydrogen-bond donors (Lipinski definition) is 2. The highest BCUT2D eigenvalue weighted by molar-refractivity contribution is 7.89. The fraction of sp³-hybridized carbons (Fsp3) is 0.182. The average Bonchev–Trinajstić information content (AvgIpc) is 2.89. The van der Waals surface area contributed by atoms with Gasteiger partial charge in [-0.25, -0.2) is 22.9 Å². The van der Waals surface area contributed by atoms with Crippen molar-refractivity contribution in [2.75, 3.05) is 6.54 Å². The maximum atomic E-state index is 11.9. The number of aromatic nitrogens is 3. The van der Waals surface area contributed by atoms with E-state index < -0.39 is 16.0 Å². The SMILES string of the molecule is O=C(O)c1cn(CCNS(=O)(=O)c2cccnc2)cn1. The first-order chi connectivity index (χ1) is 9.49. The zero-order chi connectivity index (χ0) is 14.6. The molecule has 0 aliphatic heterocycles. The van der Waals surface area contributed by atoms with E-state index in [0.717, 1.165) is 0 Å². The van der Waals surface area contributed by atoms with E-state index in [0.29, 0.717) is 0 Å². The summed E-state index contributed by atoms with van der Waals surface area (Å²) >= 11 is 0. The number of imidazole rings is 1. The second-order valence-electron chi connectivity index (χ2n) is 3.89. The van der Waals surface area contributed by atoms with Crippen LogP contribution in [-0.4, -0.2) is 40.6 Å². The minimum absolute atomic E-state index is 0.0804. The van der Waals surface area contributed by atoms with Crippen LogP contribution in [0, 0.1) is 0 Å². The number of carboxylic acids is 1. The summed E-state index contributed by atoms with van der Waals surface area (Å²) in [6, 6.07) is 2.97. The lowest BCUT2D eigenvalue weighted by atomic mass is 10.5. The number of aromatic carboxylic acids is 1. The summed E-state index contributed by atoms with van der Waals surface area (Å²) in [6.07, 6.45) is 5.41. The normalized spacial score (nSPS) is 11.4. The highest BCUT2D eigenvalue weighted by Gasteiger charge is 2.13. The average molecular weight is 296 g/mol. The van der Waals surface area contributed by atoms with E-state index in [1.54, 1.807) is 0 Å². The molecular weight excluding hydrogens is 284 g/mol. The first kappa shape index (κ1) is 14.2. The van der Waals surface area contributed by atoms with Gasteiger partial charge in [-0.2, -0.15) is 0 Å². The molecule has 0 spiro atoms. The molecule has 0 atom stereocenters. The van der Waals surface area contributed by atoms with Crippen molar-refractivity contribution >= 4 is 16.0 Å². The van der Waals surface area contributed by atoms with Crippen molar-refractivity contribution < 1.29 is 18.3 Å². The summed E-state index contributed by atoms with van der Waals surface area (Å²) in [6.45, 7) is 0.395. The van der Waals surface area contributed by atoms with E-state index in [1.807, 2.05) is 0 Å². The van der Waals surface area contributed by atoms with Crippen LogP contribution in [-0.2, 0) is 16.6 Å². The smallest absolute Gasteiger partial charge is 0.356 e. The van der Waals surface area contributed by atoms with Gasteiger partial charge < -0.3 is 9.67 Å². The number of carbonyl (C=O) groups is 1. The number of nitrogens with zero attached hydrogens (tertiary/aromatic N) is 3. The molecule has 8 nitrogen and oxygen atoms in total. The lowest BCUT2D eigenvalue weighted by Gasteiger charge is -2.06. The molecular formula is C11H12N4O4S. The summed E-state index contributed by atoms with van der Waals surface area (Å²) in [5, 5.41) is 8.71. The fourth-order valence-electron chi connectivity index (χ4n) is 1.49. The zero-order valence-corrected chi connectivity index (χ0v) is 11.1. The lowest BCUT2D eigenvalue weighted by molar-refractivity contribution is 0.0691. The Labute approximate surface area is 115 Å². The predicted molar refractivity (Wildman–Crippen MR) is 68.6 cm³/mol. The van der Waals surface area contributed by atoms with Gasteiger partial charge >= 0.3 is 5.97 Å². The van der Waals surface area contributed by atoms with Crippen LogP contribution < -0.4 is 4.72 Å².